The summed E-state index contributed by atoms with van der Waals surface area (Å²) in [5.74, 6) is -0.0489. The third-order valence-corrected chi connectivity index (χ3v) is 1.49. The van der Waals surface area contributed by atoms with E-state index in [1.807, 2.05) is 31.3 Å². The molecule has 1 rings (SSSR count). The maximum Gasteiger partial charge on any atom is 0.221 e. The van der Waals surface area contributed by atoms with E-state index in [0.717, 1.165) is 11.4 Å². The van der Waals surface area contributed by atoms with E-state index in [0.29, 0.717) is 0 Å². The molecule has 72 valence electrons. The molecular formula is C9H13ClN2O. The van der Waals surface area contributed by atoms with Crippen molar-refractivity contribution in [3.05, 3.63) is 24.3 Å². The third kappa shape index (κ3) is 3.80. The van der Waals surface area contributed by atoms with Crippen LogP contribution in [0.1, 0.15) is 6.92 Å². The van der Waals surface area contributed by atoms with E-state index >= 15 is 0 Å². The Bertz CT molecular complexity index is 271. The predicted octanol–water partition coefficient (Wildman–Crippen LogP) is 2.11. The molecule has 0 unspecified atom stereocenters. The number of rotatable bonds is 2. The van der Waals surface area contributed by atoms with Crippen LogP contribution in [0.4, 0.5) is 11.4 Å². The van der Waals surface area contributed by atoms with Gasteiger partial charge in [-0.25, -0.2) is 0 Å². The van der Waals surface area contributed by atoms with Crippen molar-refractivity contribution in [3.63, 3.8) is 0 Å². The van der Waals surface area contributed by atoms with Gasteiger partial charge in [0.15, 0.2) is 0 Å². The van der Waals surface area contributed by atoms with Gasteiger partial charge >= 0.3 is 0 Å². The molecule has 0 bridgehead atoms. The van der Waals surface area contributed by atoms with Gasteiger partial charge in [0.2, 0.25) is 5.91 Å². The summed E-state index contributed by atoms with van der Waals surface area (Å²) in [6.45, 7) is 1.49. The minimum absolute atomic E-state index is 0. The van der Waals surface area contributed by atoms with Crippen LogP contribution in [0.2, 0.25) is 0 Å². The second-order valence-electron chi connectivity index (χ2n) is 2.51. The highest BCUT2D eigenvalue weighted by Crippen LogP contribution is 2.12. The molecule has 3 nitrogen and oxygen atoms in total. The maximum atomic E-state index is 10.6. The highest BCUT2D eigenvalue weighted by Gasteiger charge is 1.93. The summed E-state index contributed by atoms with van der Waals surface area (Å²) >= 11 is 0. The maximum absolute atomic E-state index is 10.6. The number of carbonyl (C=O) groups excluding carboxylic acids is 1. The van der Waals surface area contributed by atoms with Crippen LogP contribution in [0.15, 0.2) is 24.3 Å². The van der Waals surface area contributed by atoms with Gasteiger partial charge in [0.05, 0.1) is 0 Å². The molecule has 13 heavy (non-hydrogen) atoms. The highest BCUT2D eigenvalue weighted by atomic mass is 35.5. The largest absolute Gasteiger partial charge is 0.388 e. The van der Waals surface area contributed by atoms with E-state index in [9.17, 15) is 4.79 Å². The fourth-order valence-corrected chi connectivity index (χ4v) is 0.923. The smallest absolute Gasteiger partial charge is 0.221 e. The van der Waals surface area contributed by atoms with Gasteiger partial charge in [-0.2, -0.15) is 0 Å². The summed E-state index contributed by atoms with van der Waals surface area (Å²) in [5.41, 5.74) is 1.85. The molecule has 4 heteroatoms. The Labute approximate surface area is 83.9 Å². The Balaban J connectivity index is 0.00000144. The molecule has 2 N–H and O–H groups in total. The average Bonchev–Trinajstić information content (AvgIpc) is 2.05. The van der Waals surface area contributed by atoms with Crippen LogP contribution in [-0.2, 0) is 4.79 Å². The summed E-state index contributed by atoms with van der Waals surface area (Å²) in [5, 5.41) is 5.68. The van der Waals surface area contributed by atoms with Gasteiger partial charge in [0.1, 0.15) is 0 Å². The third-order valence-electron chi connectivity index (χ3n) is 1.49. The number of halogens is 1. The van der Waals surface area contributed by atoms with Crippen LogP contribution in [0.25, 0.3) is 0 Å². The van der Waals surface area contributed by atoms with E-state index < -0.39 is 0 Å². The SMILES string of the molecule is CNc1ccc(NC(C)=O)cc1.Cl. The first kappa shape index (κ1) is 11.8. The molecule has 0 aliphatic carbocycles. The van der Waals surface area contributed by atoms with Crippen LogP contribution in [0, 0.1) is 0 Å². The summed E-state index contributed by atoms with van der Waals surface area (Å²) in [4.78, 5) is 10.6. The Morgan fingerprint density at radius 2 is 1.62 bits per heavy atom. The predicted molar refractivity (Wildman–Crippen MR) is 57.5 cm³/mol. The summed E-state index contributed by atoms with van der Waals surface area (Å²) in [7, 11) is 1.85. The lowest BCUT2D eigenvalue weighted by Gasteiger charge is -2.03. The molecule has 1 aromatic carbocycles. The van der Waals surface area contributed by atoms with Crippen LogP contribution in [0.3, 0.4) is 0 Å². The van der Waals surface area contributed by atoms with Crippen molar-refractivity contribution in [1.29, 1.82) is 0 Å². The number of hydrogen-bond donors (Lipinski definition) is 2. The standard InChI is InChI=1S/C9H12N2O.ClH/c1-7(12)11-9-5-3-8(10-2)4-6-9;/h3-6,10H,1-2H3,(H,11,12);1H. The van der Waals surface area contributed by atoms with Crippen molar-refractivity contribution in [2.24, 2.45) is 0 Å². The van der Waals surface area contributed by atoms with Crippen molar-refractivity contribution in [3.8, 4) is 0 Å². The molecule has 0 atom stereocenters. The van der Waals surface area contributed by atoms with Gasteiger partial charge in [0, 0.05) is 25.3 Å². The molecule has 1 aromatic rings. The molecule has 0 aromatic heterocycles. The quantitative estimate of drug-likeness (QED) is 0.768. The molecular weight excluding hydrogens is 188 g/mol. The number of hydrogen-bond acceptors (Lipinski definition) is 2. The molecule has 0 saturated heterocycles. The lowest BCUT2D eigenvalue weighted by atomic mass is 10.3. The fraction of sp³-hybridized carbons (Fsp3) is 0.222. The first-order chi connectivity index (χ1) is 5.72. The number of nitrogens with one attached hydrogen (secondary N) is 2. The molecule has 0 radical (unpaired) electrons. The van der Waals surface area contributed by atoms with Gasteiger partial charge in [-0.05, 0) is 24.3 Å². The minimum Gasteiger partial charge on any atom is -0.388 e. The molecule has 0 saturated carbocycles. The lowest BCUT2D eigenvalue weighted by Crippen LogP contribution is -2.05. The second-order valence-corrected chi connectivity index (χ2v) is 2.51. The zero-order chi connectivity index (χ0) is 8.97. The summed E-state index contributed by atoms with van der Waals surface area (Å²) in [6, 6.07) is 7.52. The van der Waals surface area contributed by atoms with Crippen molar-refractivity contribution < 1.29 is 4.79 Å². The van der Waals surface area contributed by atoms with Crippen molar-refractivity contribution in [2.45, 2.75) is 6.92 Å². The van der Waals surface area contributed by atoms with E-state index in [1.165, 1.54) is 6.92 Å². The monoisotopic (exact) mass is 200 g/mol. The van der Waals surface area contributed by atoms with Crippen LogP contribution < -0.4 is 10.6 Å². The molecule has 1 amide bonds. The molecule has 0 fully saturated rings. The van der Waals surface area contributed by atoms with Crippen molar-refractivity contribution in [1.82, 2.24) is 0 Å². The number of carbonyl (C=O) groups is 1. The van der Waals surface area contributed by atoms with E-state index in [4.69, 9.17) is 0 Å². The van der Waals surface area contributed by atoms with E-state index in [2.05, 4.69) is 10.6 Å². The van der Waals surface area contributed by atoms with E-state index in [1.54, 1.807) is 0 Å². The Morgan fingerprint density at radius 3 is 2.00 bits per heavy atom. The average molecular weight is 201 g/mol. The minimum atomic E-state index is -0.0489. The zero-order valence-electron chi connectivity index (χ0n) is 7.63. The molecule has 0 heterocycles. The van der Waals surface area contributed by atoms with Crippen LogP contribution in [0.5, 0.6) is 0 Å². The zero-order valence-corrected chi connectivity index (χ0v) is 8.44. The van der Waals surface area contributed by atoms with Gasteiger partial charge < -0.3 is 10.6 Å². The highest BCUT2D eigenvalue weighted by molar-refractivity contribution is 5.88. The Hall–Kier alpha value is -1.22. The summed E-state index contributed by atoms with van der Waals surface area (Å²) in [6.07, 6.45) is 0. The van der Waals surface area contributed by atoms with Crippen LogP contribution in [-0.4, -0.2) is 13.0 Å². The van der Waals surface area contributed by atoms with Gasteiger partial charge in [-0.1, -0.05) is 0 Å². The second kappa shape index (κ2) is 5.43. The summed E-state index contributed by atoms with van der Waals surface area (Å²) < 4.78 is 0. The van der Waals surface area contributed by atoms with Crippen molar-refractivity contribution >= 4 is 29.7 Å². The normalized spacial score (nSPS) is 8.46. The first-order valence-electron chi connectivity index (χ1n) is 3.78. The molecule has 0 aliphatic rings. The number of amides is 1. The lowest BCUT2D eigenvalue weighted by molar-refractivity contribution is -0.114. The van der Waals surface area contributed by atoms with Gasteiger partial charge in [-0.3, -0.25) is 4.79 Å². The Kier molecular flexibility index (Phi) is 4.92. The molecule has 0 spiro atoms. The first-order valence-corrected chi connectivity index (χ1v) is 3.78. The van der Waals surface area contributed by atoms with Crippen molar-refractivity contribution in [2.75, 3.05) is 17.7 Å². The van der Waals surface area contributed by atoms with Crippen LogP contribution >= 0.6 is 12.4 Å². The van der Waals surface area contributed by atoms with Gasteiger partial charge in [-0.15, -0.1) is 12.4 Å². The van der Waals surface area contributed by atoms with Gasteiger partial charge in [0.25, 0.3) is 0 Å². The molecule has 0 aliphatic heterocycles. The topological polar surface area (TPSA) is 41.1 Å². The van der Waals surface area contributed by atoms with E-state index in [-0.39, 0.29) is 18.3 Å². The number of anilines is 2. The Morgan fingerprint density at radius 1 is 1.15 bits per heavy atom. The number of benzene rings is 1. The fourth-order valence-electron chi connectivity index (χ4n) is 0.923.